The Balaban J connectivity index is 1.56. The highest BCUT2D eigenvalue weighted by Crippen LogP contribution is 2.20. The predicted octanol–water partition coefficient (Wildman–Crippen LogP) is 2.70. The van der Waals surface area contributed by atoms with Crippen molar-refractivity contribution < 1.29 is 4.39 Å². The normalized spacial score (nSPS) is 16.1. The summed E-state index contributed by atoms with van der Waals surface area (Å²) in [6.45, 7) is 1.97. The number of hydrogen-bond acceptors (Lipinski definition) is 4. The van der Waals surface area contributed by atoms with E-state index in [1.165, 1.54) is 11.8 Å². The molecule has 0 radical (unpaired) electrons. The summed E-state index contributed by atoms with van der Waals surface area (Å²) in [5.41, 5.74) is 1.21. The number of piperidine rings is 1. The van der Waals surface area contributed by atoms with Gasteiger partial charge in [-0.15, -0.1) is 0 Å². The first-order valence-electron chi connectivity index (χ1n) is 6.85. The molecule has 0 atom stereocenters. The zero-order valence-corrected chi connectivity index (χ0v) is 11.2. The van der Waals surface area contributed by atoms with Gasteiger partial charge < -0.3 is 10.2 Å². The summed E-state index contributed by atoms with van der Waals surface area (Å²) < 4.78 is 13.0. The standard InChI is InChI=1S/C15H17FN4/c16-14-2-1-3-15(19-14)18-12-6-10-20(11-7-12)13-4-8-17-9-5-13/h1-5,8-9,12H,6-7,10-11H2,(H,18,19). The van der Waals surface area contributed by atoms with Gasteiger partial charge in [-0.05, 0) is 37.1 Å². The first-order chi connectivity index (χ1) is 9.81. The van der Waals surface area contributed by atoms with E-state index in [0.717, 1.165) is 25.9 Å². The third-order valence-corrected chi connectivity index (χ3v) is 3.59. The van der Waals surface area contributed by atoms with E-state index in [9.17, 15) is 4.39 Å². The maximum absolute atomic E-state index is 13.0. The van der Waals surface area contributed by atoms with Gasteiger partial charge in [0.1, 0.15) is 5.82 Å². The van der Waals surface area contributed by atoms with E-state index < -0.39 is 5.95 Å². The lowest BCUT2D eigenvalue weighted by Gasteiger charge is -2.34. The molecule has 0 aliphatic carbocycles. The van der Waals surface area contributed by atoms with Crippen LogP contribution in [-0.2, 0) is 0 Å². The summed E-state index contributed by atoms with van der Waals surface area (Å²) in [5, 5.41) is 3.30. The number of pyridine rings is 2. The van der Waals surface area contributed by atoms with Gasteiger partial charge >= 0.3 is 0 Å². The van der Waals surface area contributed by atoms with E-state index in [4.69, 9.17) is 0 Å². The Morgan fingerprint density at radius 2 is 1.85 bits per heavy atom. The highest BCUT2D eigenvalue weighted by Gasteiger charge is 2.19. The largest absolute Gasteiger partial charge is 0.371 e. The Labute approximate surface area is 117 Å². The summed E-state index contributed by atoms with van der Waals surface area (Å²) >= 11 is 0. The van der Waals surface area contributed by atoms with Crippen molar-refractivity contribution in [1.82, 2.24) is 9.97 Å². The van der Waals surface area contributed by atoms with Gasteiger partial charge in [0, 0.05) is 37.2 Å². The van der Waals surface area contributed by atoms with Crippen LogP contribution in [0.25, 0.3) is 0 Å². The van der Waals surface area contributed by atoms with Crippen LogP contribution in [0.2, 0.25) is 0 Å². The molecule has 0 amide bonds. The fraction of sp³-hybridized carbons (Fsp3) is 0.333. The van der Waals surface area contributed by atoms with E-state index in [0.29, 0.717) is 11.9 Å². The minimum Gasteiger partial charge on any atom is -0.371 e. The summed E-state index contributed by atoms with van der Waals surface area (Å²) in [4.78, 5) is 10.2. The van der Waals surface area contributed by atoms with E-state index in [-0.39, 0.29) is 0 Å². The summed E-state index contributed by atoms with van der Waals surface area (Å²) in [6, 6.07) is 9.25. The summed E-state index contributed by atoms with van der Waals surface area (Å²) in [5.74, 6) is 0.177. The predicted molar refractivity (Wildman–Crippen MR) is 77.3 cm³/mol. The van der Waals surface area contributed by atoms with Crippen LogP contribution < -0.4 is 10.2 Å². The summed E-state index contributed by atoms with van der Waals surface area (Å²) in [7, 11) is 0. The number of nitrogens with zero attached hydrogens (tertiary/aromatic N) is 3. The molecule has 1 fully saturated rings. The van der Waals surface area contributed by atoms with Crippen LogP contribution in [0.1, 0.15) is 12.8 Å². The molecule has 2 aromatic heterocycles. The number of nitrogens with one attached hydrogen (secondary N) is 1. The zero-order valence-electron chi connectivity index (χ0n) is 11.2. The molecule has 20 heavy (non-hydrogen) atoms. The fourth-order valence-electron chi connectivity index (χ4n) is 2.53. The molecule has 1 aliphatic rings. The number of anilines is 2. The van der Waals surface area contributed by atoms with Crippen LogP contribution in [0.15, 0.2) is 42.7 Å². The van der Waals surface area contributed by atoms with Crippen molar-refractivity contribution in [2.24, 2.45) is 0 Å². The number of aromatic nitrogens is 2. The molecule has 1 aliphatic heterocycles. The van der Waals surface area contributed by atoms with E-state index in [1.807, 2.05) is 24.5 Å². The Morgan fingerprint density at radius 1 is 1.10 bits per heavy atom. The van der Waals surface area contributed by atoms with Crippen LogP contribution >= 0.6 is 0 Å². The van der Waals surface area contributed by atoms with Gasteiger partial charge in [-0.1, -0.05) is 6.07 Å². The second-order valence-electron chi connectivity index (χ2n) is 4.96. The lowest BCUT2D eigenvalue weighted by molar-refractivity contribution is 0.522. The van der Waals surface area contributed by atoms with E-state index in [1.54, 1.807) is 12.1 Å². The molecule has 0 unspecified atom stereocenters. The van der Waals surface area contributed by atoms with Crippen LogP contribution in [0.3, 0.4) is 0 Å². The Bertz CT molecular complexity index is 553. The van der Waals surface area contributed by atoms with Crippen molar-refractivity contribution in [1.29, 1.82) is 0 Å². The van der Waals surface area contributed by atoms with Gasteiger partial charge in [-0.3, -0.25) is 4.98 Å². The van der Waals surface area contributed by atoms with Gasteiger partial charge in [-0.2, -0.15) is 4.39 Å². The smallest absolute Gasteiger partial charge is 0.214 e. The molecule has 1 saturated heterocycles. The number of rotatable bonds is 3. The Kier molecular flexibility index (Phi) is 3.76. The second-order valence-corrected chi connectivity index (χ2v) is 4.96. The van der Waals surface area contributed by atoms with Gasteiger partial charge in [0.15, 0.2) is 0 Å². The molecule has 1 N–H and O–H groups in total. The Morgan fingerprint density at radius 3 is 2.55 bits per heavy atom. The van der Waals surface area contributed by atoms with Crippen molar-refractivity contribution in [3.8, 4) is 0 Å². The van der Waals surface area contributed by atoms with E-state index >= 15 is 0 Å². The third kappa shape index (κ3) is 3.04. The number of hydrogen-bond donors (Lipinski definition) is 1. The quantitative estimate of drug-likeness (QED) is 0.872. The molecule has 0 bridgehead atoms. The van der Waals surface area contributed by atoms with Crippen LogP contribution in [0, 0.1) is 5.95 Å². The first-order valence-corrected chi connectivity index (χ1v) is 6.85. The molecular weight excluding hydrogens is 255 g/mol. The number of halogens is 1. The molecule has 2 aromatic rings. The lowest BCUT2D eigenvalue weighted by atomic mass is 10.0. The van der Waals surface area contributed by atoms with Crippen LogP contribution in [0.5, 0.6) is 0 Å². The van der Waals surface area contributed by atoms with Gasteiger partial charge in [0.2, 0.25) is 5.95 Å². The Hall–Kier alpha value is -2.17. The molecule has 0 saturated carbocycles. The van der Waals surface area contributed by atoms with Gasteiger partial charge in [-0.25, -0.2) is 4.98 Å². The molecular formula is C15H17FN4. The fourth-order valence-corrected chi connectivity index (χ4v) is 2.53. The highest BCUT2D eigenvalue weighted by molar-refractivity contribution is 5.45. The monoisotopic (exact) mass is 272 g/mol. The van der Waals surface area contributed by atoms with Crippen molar-refractivity contribution in [3.05, 3.63) is 48.7 Å². The molecule has 3 heterocycles. The van der Waals surface area contributed by atoms with Crippen molar-refractivity contribution in [2.75, 3.05) is 23.3 Å². The minimum atomic E-state index is -0.441. The average Bonchev–Trinajstić information content (AvgIpc) is 2.49. The first kappa shape index (κ1) is 12.8. The highest BCUT2D eigenvalue weighted by atomic mass is 19.1. The summed E-state index contributed by atoms with van der Waals surface area (Å²) in [6.07, 6.45) is 5.66. The average molecular weight is 272 g/mol. The molecule has 0 aromatic carbocycles. The van der Waals surface area contributed by atoms with Crippen LogP contribution in [0.4, 0.5) is 15.9 Å². The van der Waals surface area contributed by atoms with Crippen LogP contribution in [-0.4, -0.2) is 29.1 Å². The van der Waals surface area contributed by atoms with Crippen molar-refractivity contribution in [2.45, 2.75) is 18.9 Å². The lowest BCUT2D eigenvalue weighted by Crippen LogP contribution is -2.39. The minimum absolute atomic E-state index is 0.349. The molecule has 104 valence electrons. The third-order valence-electron chi connectivity index (χ3n) is 3.59. The van der Waals surface area contributed by atoms with Crippen molar-refractivity contribution >= 4 is 11.5 Å². The maximum atomic E-state index is 13.0. The van der Waals surface area contributed by atoms with Gasteiger partial charge in [0.25, 0.3) is 0 Å². The SMILES string of the molecule is Fc1cccc(NC2CCN(c3ccncc3)CC2)n1. The molecule has 0 spiro atoms. The topological polar surface area (TPSA) is 41.0 Å². The zero-order chi connectivity index (χ0) is 13.8. The molecule has 5 heteroatoms. The van der Waals surface area contributed by atoms with Gasteiger partial charge in [0.05, 0.1) is 0 Å². The molecule has 4 nitrogen and oxygen atoms in total. The van der Waals surface area contributed by atoms with E-state index in [2.05, 4.69) is 20.2 Å². The molecule has 3 rings (SSSR count). The maximum Gasteiger partial charge on any atom is 0.214 e. The van der Waals surface area contributed by atoms with Crippen molar-refractivity contribution in [3.63, 3.8) is 0 Å². The second kappa shape index (κ2) is 5.86.